The number of hydrogen-bond donors (Lipinski definition) is 1. The van der Waals surface area contributed by atoms with Crippen molar-refractivity contribution in [3.05, 3.63) is 12.2 Å². The summed E-state index contributed by atoms with van der Waals surface area (Å²) in [5.41, 5.74) is 0. The molecule has 0 aliphatic heterocycles. The number of carboxylic acid groups (broad SMARTS) is 1. The molecule has 0 saturated heterocycles. The largest absolute Gasteiger partial charge is 0.477 e. The number of carbonyl (C=O) groups excluding carboxylic acids is 2. The van der Waals surface area contributed by atoms with E-state index < -0.39 is 18.1 Å². The highest BCUT2D eigenvalue weighted by atomic mass is 16.6. The Balaban J connectivity index is 4.19. The van der Waals surface area contributed by atoms with Gasteiger partial charge in [0.25, 0.3) is 0 Å². The normalized spacial score (nSPS) is 12.9. The fourth-order valence-corrected chi connectivity index (χ4v) is 7.56. The Labute approximate surface area is 359 Å². The van der Waals surface area contributed by atoms with Gasteiger partial charge in [-0.1, -0.05) is 193 Å². The third-order valence-electron chi connectivity index (χ3n) is 11.4. The fourth-order valence-electron chi connectivity index (χ4n) is 7.56. The van der Waals surface area contributed by atoms with Crippen LogP contribution in [0.5, 0.6) is 0 Å². The molecule has 8 heteroatoms. The van der Waals surface area contributed by atoms with Gasteiger partial charge in [0.05, 0.1) is 34.4 Å². The highest BCUT2D eigenvalue weighted by molar-refractivity contribution is 5.72. The topological polar surface area (TPSA) is 99.1 Å². The van der Waals surface area contributed by atoms with E-state index in [1.54, 1.807) is 0 Å². The molecule has 0 aliphatic rings. The fraction of sp³-hybridized carbons (Fsp3) is 0.900. The molecule has 0 saturated carbocycles. The van der Waals surface area contributed by atoms with Crippen molar-refractivity contribution in [1.82, 2.24) is 0 Å². The van der Waals surface area contributed by atoms with Crippen molar-refractivity contribution < 1.29 is 38.2 Å². The first-order valence-corrected chi connectivity index (χ1v) is 24.7. The van der Waals surface area contributed by atoms with Crippen LogP contribution in [0.1, 0.15) is 239 Å². The Morgan fingerprint density at radius 1 is 0.500 bits per heavy atom. The van der Waals surface area contributed by atoms with Gasteiger partial charge in [-0.05, 0) is 38.5 Å². The third kappa shape index (κ3) is 39.5. The van der Waals surface area contributed by atoms with Gasteiger partial charge in [-0.2, -0.15) is 0 Å². The minimum atomic E-state index is -0.874. The van der Waals surface area contributed by atoms with Crippen LogP contribution in [0, 0.1) is 0 Å². The van der Waals surface area contributed by atoms with Gasteiger partial charge < -0.3 is 23.8 Å². The molecule has 1 N–H and O–H groups in total. The van der Waals surface area contributed by atoms with Crippen molar-refractivity contribution in [2.24, 2.45) is 0 Å². The van der Waals surface area contributed by atoms with Crippen LogP contribution in [0.3, 0.4) is 0 Å². The smallest absolute Gasteiger partial charge is 0.362 e. The minimum Gasteiger partial charge on any atom is -0.477 e. The molecule has 0 amide bonds. The van der Waals surface area contributed by atoms with Crippen LogP contribution in [-0.2, 0) is 28.6 Å². The summed E-state index contributed by atoms with van der Waals surface area (Å²) in [5, 5.41) is 9.63. The van der Waals surface area contributed by atoms with Crippen molar-refractivity contribution in [3.63, 3.8) is 0 Å². The molecule has 0 aromatic rings. The Morgan fingerprint density at radius 2 is 0.862 bits per heavy atom. The summed E-state index contributed by atoms with van der Waals surface area (Å²) in [7, 11) is 5.53. The van der Waals surface area contributed by atoms with Gasteiger partial charge in [0.1, 0.15) is 6.61 Å². The maximum absolute atomic E-state index is 12.7. The van der Waals surface area contributed by atoms with Gasteiger partial charge in [0, 0.05) is 19.3 Å². The number of hydrogen-bond acceptors (Lipinski definition) is 6. The lowest BCUT2D eigenvalue weighted by Crippen LogP contribution is -2.50. The summed E-state index contributed by atoms with van der Waals surface area (Å²) in [5.74, 6) is -1.47. The number of aliphatic carboxylic acids is 1. The van der Waals surface area contributed by atoms with Gasteiger partial charge in [-0.15, -0.1) is 0 Å². The molecule has 0 aliphatic carbocycles. The second-order valence-electron chi connectivity index (χ2n) is 18.1. The van der Waals surface area contributed by atoms with Crippen molar-refractivity contribution in [2.45, 2.75) is 251 Å². The number of esters is 2. The molecule has 0 aromatic heterocycles. The molecule has 2 atom stereocenters. The first-order valence-electron chi connectivity index (χ1n) is 24.7. The SMILES string of the molecule is CCCCCCCC/C=C/CCCCCC(=O)OC(COCCC(C(=O)O)[N+](C)(C)C)COC(=O)CCCCCCCCCCCCCCCCCCCCCCC. The van der Waals surface area contributed by atoms with E-state index in [0.717, 1.165) is 51.4 Å². The van der Waals surface area contributed by atoms with Crippen molar-refractivity contribution in [1.29, 1.82) is 0 Å². The van der Waals surface area contributed by atoms with Crippen molar-refractivity contribution in [3.8, 4) is 0 Å². The summed E-state index contributed by atoms with van der Waals surface area (Å²) in [4.78, 5) is 37.0. The van der Waals surface area contributed by atoms with E-state index >= 15 is 0 Å². The highest BCUT2D eigenvalue weighted by Gasteiger charge is 2.31. The molecule has 0 fully saturated rings. The van der Waals surface area contributed by atoms with E-state index in [9.17, 15) is 19.5 Å². The lowest BCUT2D eigenvalue weighted by molar-refractivity contribution is -0.887. The number of ether oxygens (including phenoxy) is 3. The number of quaternary nitrogens is 1. The lowest BCUT2D eigenvalue weighted by atomic mass is 10.0. The van der Waals surface area contributed by atoms with E-state index in [-0.39, 0.29) is 36.2 Å². The quantitative estimate of drug-likeness (QED) is 0.0283. The monoisotopic (exact) mass is 823 g/mol. The van der Waals surface area contributed by atoms with E-state index in [1.165, 1.54) is 154 Å². The van der Waals surface area contributed by atoms with E-state index in [0.29, 0.717) is 19.3 Å². The number of likely N-dealkylation sites (N-methyl/N-ethyl adjacent to an activating group) is 1. The van der Waals surface area contributed by atoms with Crippen LogP contribution in [0.25, 0.3) is 0 Å². The second-order valence-corrected chi connectivity index (χ2v) is 18.1. The Hall–Kier alpha value is -1.93. The molecular formula is C50H96NO7+. The number of carbonyl (C=O) groups is 3. The van der Waals surface area contributed by atoms with Crippen LogP contribution < -0.4 is 0 Å². The van der Waals surface area contributed by atoms with Gasteiger partial charge in [-0.25, -0.2) is 4.79 Å². The number of allylic oxidation sites excluding steroid dienone is 2. The number of nitrogens with zero attached hydrogens (tertiary/aromatic N) is 1. The predicted octanol–water partition coefficient (Wildman–Crippen LogP) is 13.9. The molecule has 0 spiro atoms. The summed E-state index contributed by atoms with van der Waals surface area (Å²) < 4.78 is 17.3. The lowest BCUT2D eigenvalue weighted by Gasteiger charge is -2.31. The Morgan fingerprint density at radius 3 is 1.26 bits per heavy atom. The molecule has 0 aromatic carbocycles. The second kappa shape index (κ2) is 41.8. The molecule has 0 radical (unpaired) electrons. The molecule has 0 heterocycles. The number of rotatable bonds is 45. The molecule has 2 unspecified atom stereocenters. The number of carboxylic acids is 1. The minimum absolute atomic E-state index is 0.0507. The van der Waals surface area contributed by atoms with Crippen molar-refractivity contribution in [2.75, 3.05) is 41.0 Å². The summed E-state index contributed by atoms with van der Waals surface area (Å²) in [6.07, 6.45) is 45.5. The van der Waals surface area contributed by atoms with Crippen LogP contribution in [0.15, 0.2) is 12.2 Å². The zero-order chi connectivity index (χ0) is 42.8. The summed E-state index contributed by atoms with van der Waals surface area (Å²) >= 11 is 0. The predicted molar refractivity (Wildman–Crippen MR) is 243 cm³/mol. The zero-order valence-electron chi connectivity index (χ0n) is 39.0. The van der Waals surface area contributed by atoms with Crippen LogP contribution in [-0.4, -0.2) is 80.6 Å². The molecule has 58 heavy (non-hydrogen) atoms. The van der Waals surface area contributed by atoms with Crippen LogP contribution in [0.4, 0.5) is 0 Å². The molecule has 0 bridgehead atoms. The van der Waals surface area contributed by atoms with Gasteiger partial charge in [-0.3, -0.25) is 9.59 Å². The van der Waals surface area contributed by atoms with E-state index in [4.69, 9.17) is 14.2 Å². The Kier molecular flexibility index (Phi) is 40.4. The van der Waals surface area contributed by atoms with Gasteiger partial charge in [0.2, 0.25) is 0 Å². The van der Waals surface area contributed by atoms with Crippen LogP contribution in [0.2, 0.25) is 0 Å². The zero-order valence-corrected chi connectivity index (χ0v) is 39.0. The molecular weight excluding hydrogens is 727 g/mol. The average molecular weight is 823 g/mol. The molecule has 0 rings (SSSR count). The first kappa shape index (κ1) is 56.1. The number of unbranched alkanes of at least 4 members (excludes halogenated alkanes) is 29. The molecule has 8 nitrogen and oxygen atoms in total. The Bertz CT molecular complexity index is 962. The van der Waals surface area contributed by atoms with E-state index in [2.05, 4.69) is 26.0 Å². The van der Waals surface area contributed by atoms with E-state index in [1.807, 2.05) is 21.1 Å². The standard InChI is InChI=1S/C50H95NO7/c1-6-8-10-12-14-16-18-20-21-22-23-24-25-26-27-29-30-32-34-36-38-40-48(52)57-45-46(44-56-43-42-47(50(54)55)51(3,4)5)58-49(53)41-39-37-35-33-31-28-19-17-15-13-11-9-7-2/h28,31,46-47H,6-27,29-30,32-45H2,1-5H3/p+1/b31-28+. The average Bonchev–Trinajstić information content (AvgIpc) is 3.18. The van der Waals surface area contributed by atoms with Gasteiger partial charge >= 0.3 is 17.9 Å². The van der Waals surface area contributed by atoms with Gasteiger partial charge in [0.15, 0.2) is 12.1 Å². The summed E-state index contributed by atoms with van der Waals surface area (Å²) in [6, 6.07) is -0.613. The van der Waals surface area contributed by atoms with Crippen LogP contribution >= 0.6 is 0 Å². The highest BCUT2D eigenvalue weighted by Crippen LogP contribution is 2.16. The summed E-state index contributed by atoms with van der Waals surface area (Å²) in [6.45, 7) is 4.75. The maximum atomic E-state index is 12.7. The van der Waals surface area contributed by atoms with Crippen molar-refractivity contribution >= 4 is 17.9 Å². The third-order valence-corrected chi connectivity index (χ3v) is 11.4. The first-order chi connectivity index (χ1) is 28.1. The molecule has 342 valence electrons. The maximum Gasteiger partial charge on any atom is 0.362 e.